The summed E-state index contributed by atoms with van der Waals surface area (Å²) in [5, 5.41) is 5.27. The van der Waals surface area contributed by atoms with E-state index < -0.39 is 11.7 Å². The summed E-state index contributed by atoms with van der Waals surface area (Å²) in [7, 11) is 1.36. The van der Waals surface area contributed by atoms with Gasteiger partial charge in [0.05, 0.1) is 18.0 Å². The summed E-state index contributed by atoms with van der Waals surface area (Å²) >= 11 is 0. The Morgan fingerprint density at radius 1 is 1.41 bits per heavy atom. The van der Waals surface area contributed by atoms with Gasteiger partial charge in [-0.15, -0.1) is 0 Å². The van der Waals surface area contributed by atoms with Gasteiger partial charge in [0.1, 0.15) is 17.2 Å². The first-order chi connectivity index (χ1) is 13.7. The highest BCUT2D eigenvalue weighted by Crippen LogP contribution is 2.34. The van der Waals surface area contributed by atoms with Crippen LogP contribution >= 0.6 is 0 Å². The van der Waals surface area contributed by atoms with Crippen LogP contribution in [-0.2, 0) is 18.1 Å². The Morgan fingerprint density at radius 3 is 2.83 bits per heavy atom. The number of anilines is 2. The highest BCUT2D eigenvalue weighted by atomic mass is 19.4. The van der Waals surface area contributed by atoms with E-state index in [9.17, 15) is 13.2 Å². The van der Waals surface area contributed by atoms with Gasteiger partial charge in [0.2, 0.25) is 5.95 Å². The lowest BCUT2D eigenvalue weighted by Gasteiger charge is -2.20. The molecular formula is C18H23F3N8. The molecule has 29 heavy (non-hydrogen) atoms. The fourth-order valence-corrected chi connectivity index (χ4v) is 3.23. The Kier molecular flexibility index (Phi) is 5.49. The first-order valence-corrected chi connectivity index (χ1v) is 9.02. The predicted octanol–water partition coefficient (Wildman–Crippen LogP) is 2.77. The molecular weight excluding hydrogens is 385 g/mol. The van der Waals surface area contributed by atoms with Crippen molar-refractivity contribution in [1.29, 1.82) is 0 Å². The summed E-state index contributed by atoms with van der Waals surface area (Å²) in [6, 6.07) is 0. The molecule has 0 saturated heterocycles. The van der Waals surface area contributed by atoms with Gasteiger partial charge in [-0.05, 0) is 13.3 Å². The van der Waals surface area contributed by atoms with Crippen LogP contribution < -0.4 is 16.4 Å². The third kappa shape index (κ3) is 4.17. The van der Waals surface area contributed by atoms with Crippen LogP contribution in [0.15, 0.2) is 35.5 Å². The van der Waals surface area contributed by atoms with Gasteiger partial charge >= 0.3 is 6.18 Å². The Labute approximate surface area is 166 Å². The predicted molar refractivity (Wildman–Crippen MR) is 105 cm³/mol. The van der Waals surface area contributed by atoms with Crippen molar-refractivity contribution in [2.24, 2.45) is 10.7 Å². The maximum absolute atomic E-state index is 13.0. The number of hydrogen-bond acceptors (Lipinski definition) is 7. The Balaban J connectivity index is 1.76. The molecule has 2 aromatic rings. The molecule has 11 heteroatoms. The molecule has 0 unspecified atom stereocenters. The lowest BCUT2D eigenvalue weighted by atomic mass is 9.88. The lowest BCUT2D eigenvalue weighted by molar-refractivity contribution is -0.137. The lowest BCUT2D eigenvalue weighted by Crippen LogP contribution is -2.25. The molecule has 0 radical (unpaired) electrons. The molecule has 8 nitrogen and oxygen atoms in total. The van der Waals surface area contributed by atoms with E-state index in [1.165, 1.54) is 13.2 Å². The van der Waals surface area contributed by atoms with Gasteiger partial charge < -0.3 is 20.9 Å². The number of aromatic nitrogens is 4. The Hall–Kier alpha value is -3.11. The number of nitrogens with one attached hydrogen (secondary N) is 2. The zero-order chi connectivity index (χ0) is 21.2. The normalized spacial score (nSPS) is 19.9. The van der Waals surface area contributed by atoms with Crippen LogP contribution in [0.2, 0.25) is 0 Å². The number of nitrogens with two attached hydrogens (primary N) is 1. The van der Waals surface area contributed by atoms with Crippen molar-refractivity contribution in [2.75, 3.05) is 24.2 Å². The number of halogens is 3. The van der Waals surface area contributed by atoms with Gasteiger partial charge in [0, 0.05) is 43.8 Å². The van der Waals surface area contributed by atoms with Gasteiger partial charge in [0.15, 0.2) is 0 Å². The van der Waals surface area contributed by atoms with Crippen molar-refractivity contribution in [3.8, 4) is 0 Å². The number of aryl methyl sites for hydroxylation is 1. The molecule has 156 valence electrons. The van der Waals surface area contributed by atoms with Gasteiger partial charge in [-0.1, -0.05) is 6.92 Å². The summed E-state index contributed by atoms with van der Waals surface area (Å²) < 4.78 is 41.1. The second-order valence-corrected chi connectivity index (χ2v) is 7.07. The van der Waals surface area contributed by atoms with Crippen molar-refractivity contribution in [2.45, 2.75) is 38.4 Å². The summed E-state index contributed by atoms with van der Waals surface area (Å²) in [6.07, 6.45) is 2.11. The number of nitrogens with zero attached hydrogens (tertiary/aromatic N) is 5. The van der Waals surface area contributed by atoms with Gasteiger partial charge in [-0.2, -0.15) is 18.2 Å². The SMILES string of the molecule is CNc1nc(N/C(=C/N)C(C)=NC[C@@]2(C)CCn3ccnc32)ncc1C(F)(F)F. The first-order valence-electron chi connectivity index (χ1n) is 9.02. The molecule has 0 spiro atoms. The zero-order valence-electron chi connectivity index (χ0n) is 16.4. The van der Waals surface area contributed by atoms with Crippen molar-refractivity contribution in [1.82, 2.24) is 19.5 Å². The molecule has 1 atom stereocenters. The quantitative estimate of drug-likeness (QED) is 0.635. The van der Waals surface area contributed by atoms with E-state index in [0.717, 1.165) is 25.0 Å². The van der Waals surface area contributed by atoms with E-state index in [1.54, 1.807) is 13.1 Å². The molecule has 0 fully saturated rings. The van der Waals surface area contributed by atoms with Crippen molar-refractivity contribution in [3.05, 3.63) is 41.9 Å². The van der Waals surface area contributed by atoms with E-state index in [1.807, 2.05) is 6.20 Å². The molecule has 1 aliphatic heterocycles. The highest BCUT2D eigenvalue weighted by Gasteiger charge is 2.36. The van der Waals surface area contributed by atoms with Crippen LogP contribution in [0.3, 0.4) is 0 Å². The number of alkyl halides is 3. The first kappa shape index (κ1) is 20.6. The standard InChI is InChI=1S/C18H23F3N8/c1-11(26-10-17(2)4-6-29-7-5-24-15(17)29)13(8-22)27-16-25-9-12(18(19,20)21)14(23-3)28-16/h5,7-9H,4,6,10,22H2,1-3H3,(H2,23,25,27,28)/b13-8+,26-11?/t17-/m1/s1. The van der Waals surface area contributed by atoms with Crippen molar-refractivity contribution < 1.29 is 13.2 Å². The average molecular weight is 408 g/mol. The number of hydrogen-bond donors (Lipinski definition) is 3. The minimum atomic E-state index is -4.55. The minimum Gasteiger partial charge on any atom is -0.403 e. The molecule has 0 saturated carbocycles. The van der Waals surface area contributed by atoms with Crippen LogP contribution in [-0.4, -0.2) is 38.8 Å². The number of imidazole rings is 1. The largest absolute Gasteiger partial charge is 0.421 e. The molecule has 3 rings (SSSR count). The fraction of sp³-hybridized carbons (Fsp3) is 0.444. The molecule has 0 amide bonds. The second kappa shape index (κ2) is 7.72. The number of rotatable bonds is 6. The second-order valence-electron chi connectivity index (χ2n) is 7.07. The Morgan fingerprint density at radius 2 is 2.17 bits per heavy atom. The van der Waals surface area contributed by atoms with Crippen LogP contribution in [0.25, 0.3) is 0 Å². The fourth-order valence-electron chi connectivity index (χ4n) is 3.23. The summed E-state index contributed by atoms with van der Waals surface area (Å²) in [6.45, 7) is 5.27. The van der Waals surface area contributed by atoms with Gasteiger partial charge in [0.25, 0.3) is 0 Å². The van der Waals surface area contributed by atoms with Gasteiger partial charge in [-0.25, -0.2) is 9.97 Å². The number of fused-ring (bicyclic) bond motifs is 1. The molecule has 3 heterocycles. The molecule has 0 bridgehead atoms. The maximum atomic E-state index is 13.0. The molecule has 0 aliphatic carbocycles. The maximum Gasteiger partial charge on any atom is 0.421 e. The third-order valence-electron chi connectivity index (χ3n) is 4.96. The Bertz CT molecular complexity index is 947. The van der Waals surface area contributed by atoms with E-state index in [2.05, 4.69) is 42.1 Å². The van der Waals surface area contributed by atoms with Crippen LogP contribution in [0.5, 0.6) is 0 Å². The summed E-state index contributed by atoms with van der Waals surface area (Å²) in [5.74, 6) is 0.646. The monoisotopic (exact) mass is 408 g/mol. The van der Waals surface area contributed by atoms with E-state index in [4.69, 9.17) is 5.73 Å². The van der Waals surface area contributed by atoms with E-state index in [0.29, 0.717) is 18.0 Å². The number of aliphatic imine (C=N–C) groups is 1. The van der Waals surface area contributed by atoms with Gasteiger partial charge in [-0.3, -0.25) is 4.99 Å². The molecule has 0 aromatic carbocycles. The topological polar surface area (TPSA) is 106 Å². The van der Waals surface area contributed by atoms with E-state index >= 15 is 0 Å². The summed E-state index contributed by atoms with van der Waals surface area (Å²) in [4.78, 5) is 16.7. The van der Waals surface area contributed by atoms with Crippen LogP contribution in [0.4, 0.5) is 24.9 Å². The summed E-state index contributed by atoms with van der Waals surface area (Å²) in [5.41, 5.74) is 5.57. The number of allylic oxidation sites excluding steroid dienone is 1. The molecule has 4 N–H and O–H groups in total. The van der Waals surface area contributed by atoms with Crippen molar-refractivity contribution >= 4 is 17.5 Å². The minimum absolute atomic E-state index is 0.0174. The molecule has 2 aromatic heterocycles. The third-order valence-corrected chi connectivity index (χ3v) is 4.96. The van der Waals surface area contributed by atoms with Crippen LogP contribution in [0, 0.1) is 0 Å². The highest BCUT2D eigenvalue weighted by molar-refractivity contribution is 6.00. The average Bonchev–Trinajstić information content (AvgIpc) is 3.28. The smallest absolute Gasteiger partial charge is 0.403 e. The van der Waals surface area contributed by atoms with Crippen molar-refractivity contribution in [3.63, 3.8) is 0 Å². The van der Waals surface area contributed by atoms with Crippen LogP contribution in [0.1, 0.15) is 31.7 Å². The molecule has 1 aliphatic rings. The zero-order valence-corrected chi connectivity index (χ0v) is 16.4. The van der Waals surface area contributed by atoms with E-state index in [-0.39, 0.29) is 17.2 Å².